The summed E-state index contributed by atoms with van der Waals surface area (Å²) in [6.45, 7) is 1.26. The summed E-state index contributed by atoms with van der Waals surface area (Å²) < 4.78 is 15.1. The summed E-state index contributed by atoms with van der Waals surface area (Å²) >= 11 is 0. The maximum absolute atomic E-state index is 13.4. The quantitative estimate of drug-likeness (QED) is 0.933. The minimum Gasteiger partial charge on any atom is -0.369 e. The van der Waals surface area contributed by atoms with Gasteiger partial charge in [-0.25, -0.2) is 4.39 Å². The predicted octanol–water partition coefficient (Wildman–Crippen LogP) is 1.50. The molecule has 2 aromatic rings. The van der Waals surface area contributed by atoms with Crippen molar-refractivity contribution >= 4 is 22.7 Å². The molecule has 6 heteroatoms. The number of aromatic nitrogens is 1. The first kappa shape index (κ1) is 14.6. The van der Waals surface area contributed by atoms with E-state index in [1.807, 2.05) is 6.07 Å². The van der Waals surface area contributed by atoms with Crippen molar-refractivity contribution in [3.05, 3.63) is 36.3 Å². The van der Waals surface area contributed by atoms with Crippen molar-refractivity contribution in [2.45, 2.75) is 19.4 Å². The van der Waals surface area contributed by atoms with E-state index in [0.717, 1.165) is 5.39 Å². The first-order valence-electron chi connectivity index (χ1n) is 7.36. The van der Waals surface area contributed by atoms with E-state index in [1.165, 1.54) is 12.1 Å². The molecule has 0 spiro atoms. The highest BCUT2D eigenvalue weighted by atomic mass is 19.1. The number of likely N-dealkylation sites (tertiary alicyclic amines) is 1. The number of halogens is 1. The summed E-state index contributed by atoms with van der Waals surface area (Å²) in [5, 5.41) is 0.904. The van der Waals surface area contributed by atoms with Crippen molar-refractivity contribution in [2.75, 3.05) is 13.1 Å². The van der Waals surface area contributed by atoms with Crippen LogP contribution in [0.4, 0.5) is 4.39 Å². The third-order valence-corrected chi connectivity index (χ3v) is 4.29. The number of hydrogen-bond donors (Lipinski definition) is 1. The van der Waals surface area contributed by atoms with Gasteiger partial charge in [0.25, 0.3) is 0 Å². The molecule has 1 fully saturated rings. The highest BCUT2D eigenvalue weighted by molar-refractivity contribution is 5.83. The fourth-order valence-electron chi connectivity index (χ4n) is 2.95. The van der Waals surface area contributed by atoms with E-state index in [0.29, 0.717) is 31.4 Å². The molecule has 22 heavy (non-hydrogen) atoms. The van der Waals surface area contributed by atoms with Crippen LogP contribution in [0.15, 0.2) is 30.5 Å². The maximum atomic E-state index is 13.4. The molecule has 3 rings (SSSR count). The van der Waals surface area contributed by atoms with Crippen LogP contribution in [0.25, 0.3) is 10.9 Å². The predicted molar refractivity (Wildman–Crippen MR) is 80.4 cm³/mol. The van der Waals surface area contributed by atoms with E-state index < -0.39 is 0 Å². The minimum absolute atomic E-state index is 0.0234. The van der Waals surface area contributed by atoms with Gasteiger partial charge in [0.05, 0.1) is 5.52 Å². The fraction of sp³-hybridized carbons (Fsp3) is 0.375. The Hall–Kier alpha value is -2.37. The van der Waals surface area contributed by atoms with Gasteiger partial charge < -0.3 is 15.2 Å². The molecule has 0 saturated carbocycles. The standard InChI is InChI=1S/C16H18FN3O2/c17-13-2-1-11-3-8-20(14(11)9-13)10-15(21)19-6-4-12(5-7-19)16(18)22/h1-3,8-9,12H,4-7,10H2,(H2,18,22). The minimum atomic E-state index is -0.317. The van der Waals surface area contributed by atoms with Crippen LogP contribution < -0.4 is 5.73 Å². The smallest absolute Gasteiger partial charge is 0.242 e. The summed E-state index contributed by atoms with van der Waals surface area (Å²) in [6, 6.07) is 6.40. The Labute approximate surface area is 127 Å². The van der Waals surface area contributed by atoms with E-state index in [4.69, 9.17) is 5.73 Å². The number of amides is 2. The van der Waals surface area contributed by atoms with Crippen LogP contribution in [0, 0.1) is 11.7 Å². The lowest BCUT2D eigenvalue weighted by molar-refractivity contribution is -0.135. The Kier molecular flexibility index (Phi) is 3.83. The lowest BCUT2D eigenvalue weighted by Gasteiger charge is -2.30. The molecule has 2 heterocycles. The Balaban J connectivity index is 1.69. The van der Waals surface area contributed by atoms with Crippen molar-refractivity contribution < 1.29 is 14.0 Å². The molecule has 2 N–H and O–H groups in total. The number of fused-ring (bicyclic) bond motifs is 1. The largest absolute Gasteiger partial charge is 0.369 e. The number of primary amides is 1. The maximum Gasteiger partial charge on any atom is 0.242 e. The van der Waals surface area contributed by atoms with Crippen molar-refractivity contribution in [1.29, 1.82) is 0 Å². The third-order valence-electron chi connectivity index (χ3n) is 4.29. The SMILES string of the molecule is NC(=O)C1CCN(C(=O)Cn2ccc3ccc(F)cc32)CC1. The highest BCUT2D eigenvalue weighted by Crippen LogP contribution is 2.19. The van der Waals surface area contributed by atoms with Crippen molar-refractivity contribution in [3.63, 3.8) is 0 Å². The molecule has 0 unspecified atom stereocenters. The zero-order valence-corrected chi connectivity index (χ0v) is 12.2. The van der Waals surface area contributed by atoms with Gasteiger partial charge in [0.1, 0.15) is 12.4 Å². The molecule has 1 aromatic carbocycles. The number of carbonyl (C=O) groups is 2. The van der Waals surface area contributed by atoms with Crippen LogP contribution in [0.5, 0.6) is 0 Å². The summed E-state index contributed by atoms with van der Waals surface area (Å²) in [7, 11) is 0. The molecule has 1 aliphatic heterocycles. The van der Waals surface area contributed by atoms with Gasteiger partial charge in [-0.3, -0.25) is 9.59 Å². The second-order valence-electron chi connectivity index (χ2n) is 5.70. The number of nitrogens with two attached hydrogens (primary N) is 1. The Morgan fingerprint density at radius 3 is 2.64 bits per heavy atom. The lowest BCUT2D eigenvalue weighted by atomic mass is 9.96. The van der Waals surface area contributed by atoms with Crippen LogP contribution in [0.3, 0.4) is 0 Å². The molecule has 5 nitrogen and oxygen atoms in total. The van der Waals surface area contributed by atoms with Gasteiger partial charge in [-0.2, -0.15) is 0 Å². The van der Waals surface area contributed by atoms with E-state index in [9.17, 15) is 14.0 Å². The number of nitrogens with zero attached hydrogens (tertiary/aromatic N) is 2. The Morgan fingerprint density at radius 2 is 1.95 bits per heavy atom. The van der Waals surface area contributed by atoms with E-state index in [2.05, 4.69) is 0 Å². The molecular weight excluding hydrogens is 285 g/mol. The molecular formula is C16H18FN3O2. The van der Waals surface area contributed by atoms with Gasteiger partial charge >= 0.3 is 0 Å². The number of piperidine rings is 1. The number of carbonyl (C=O) groups excluding carboxylic acids is 2. The zero-order chi connectivity index (χ0) is 15.7. The fourth-order valence-corrected chi connectivity index (χ4v) is 2.95. The molecule has 1 aromatic heterocycles. The summed E-state index contributed by atoms with van der Waals surface area (Å²) in [5.41, 5.74) is 6.00. The van der Waals surface area contributed by atoms with Crippen LogP contribution in [-0.2, 0) is 16.1 Å². The lowest BCUT2D eigenvalue weighted by Crippen LogP contribution is -2.42. The third kappa shape index (κ3) is 2.81. The van der Waals surface area contributed by atoms with E-state index in [1.54, 1.807) is 21.7 Å². The topological polar surface area (TPSA) is 68.3 Å². The average Bonchev–Trinajstić information content (AvgIpc) is 2.89. The van der Waals surface area contributed by atoms with Crippen LogP contribution in [0.1, 0.15) is 12.8 Å². The highest BCUT2D eigenvalue weighted by Gasteiger charge is 2.25. The molecule has 2 amide bonds. The van der Waals surface area contributed by atoms with Gasteiger partial charge in [0.15, 0.2) is 0 Å². The number of benzene rings is 1. The first-order chi connectivity index (χ1) is 10.5. The van der Waals surface area contributed by atoms with Crippen molar-refractivity contribution in [3.8, 4) is 0 Å². The Bertz CT molecular complexity index is 717. The van der Waals surface area contributed by atoms with Crippen molar-refractivity contribution in [2.24, 2.45) is 11.7 Å². The van der Waals surface area contributed by atoms with Crippen LogP contribution >= 0.6 is 0 Å². The molecule has 0 atom stereocenters. The summed E-state index contributed by atoms with van der Waals surface area (Å²) in [6.07, 6.45) is 3.02. The Morgan fingerprint density at radius 1 is 1.23 bits per heavy atom. The average molecular weight is 303 g/mol. The zero-order valence-electron chi connectivity index (χ0n) is 12.2. The molecule has 1 aliphatic rings. The van der Waals surface area contributed by atoms with Gasteiger partial charge in [-0.05, 0) is 42.5 Å². The van der Waals surface area contributed by atoms with Gasteiger partial charge in [-0.1, -0.05) is 0 Å². The van der Waals surface area contributed by atoms with Crippen molar-refractivity contribution in [1.82, 2.24) is 9.47 Å². The van der Waals surface area contributed by atoms with E-state index >= 15 is 0 Å². The van der Waals surface area contributed by atoms with Gasteiger partial charge in [0.2, 0.25) is 11.8 Å². The second kappa shape index (κ2) is 5.79. The molecule has 0 bridgehead atoms. The summed E-state index contributed by atoms with van der Waals surface area (Å²) in [5.74, 6) is -0.767. The first-order valence-corrected chi connectivity index (χ1v) is 7.36. The molecule has 0 radical (unpaired) electrons. The van der Waals surface area contributed by atoms with E-state index in [-0.39, 0.29) is 30.1 Å². The number of rotatable bonds is 3. The number of hydrogen-bond acceptors (Lipinski definition) is 2. The molecule has 1 saturated heterocycles. The summed E-state index contributed by atoms with van der Waals surface area (Å²) in [4.78, 5) is 25.3. The van der Waals surface area contributed by atoms with Gasteiger partial charge in [-0.15, -0.1) is 0 Å². The van der Waals surface area contributed by atoms with Gasteiger partial charge in [0, 0.05) is 25.2 Å². The second-order valence-corrected chi connectivity index (χ2v) is 5.70. The van der Waals surface area contributed by atoms with Crippen LogP contribution in [-0.4, -0.2) is 34.4 Å². The molecule has 0 aliphatic carbocycles. The monoisotopic (exact) mass is 303 g/mol. The normalized spacial score (nSPS) is 16.1. The molecule has 116 valence electrons. The van der Waals surface area contributed by atoms with Crippen LogP contribution in [0.2, 0.25) is 0 Å².